The molecule has 0 spiro atoms. The summed E-state index contributed by atoms with van der Waals surface area (Å²) >= 11 is 0. The van der Waals surface area contributed by atoms with Crippen molar-refractivity contribution in [1.29, 1.82) is 0 Å². The maximum Gasteiger partial charge on any atom is 0.387 e. The van der Waals surface area contributed by atoms with Crippen LogP contribution in [-0.4, -0.2) is 32.1 Å². The van der Waals surface area contributed by atoms with Crippen molar-refractivity contribution in [1.82, 2.24) is 10.9 Å². The number of benzene rings is 2. The molecular weight excluding hydrogens is 398 g/mol. The van der Waals surface area contributed by atoms with Gasteiger partial charge < -0.3 is 14.2 Å². The fourth-order valence-corrected chi connectivity index (χ4v) is 2.58. The van der Waals surface area contributed by atoms with Crippen LogP contribution in [-0.2, 0) is 9.59 Å². The summed E-state index contributed by atoms with van der Waals surface area (Å²) in [6.45, 7) is 0.465. The standard InChI is InChI=1S/C21H22F2N2O5/c1-13-9-14(2)11-16(10-13)29-12-19(27)25-24-18(26)8-7-15-5-4-6-17(28-3)20(15)30-21(22)23/h4-11,21H,12H2,1-3H3,(H,24,26)(H,25,27)/b8-7+. The molecule has 7 nitrogen and oxygen atoms in total. The second kappa shape index (κ2) is 10.8. The van der Waals surface area contributed by atoms with Crippen LogP contribution in [0.5, 0.6) is 17.2 Å². The van der Waals surface area contributed by atoms with E-state index in [4.69, 9.17) is 9.47 Å². The van der Waals surface area contributed by atoms with Crippen molar-refractivity contribution >= 4 is 17.9 Å². The molecule has 160 valence electrons. The van der Waals surface area contributed by atoms with E-state index in [2.05, 4.69) is 15.6 Å². The zero-order valence-corrected chi connectivity index (χ0v) is 16.7. The summed E-state index contributed by atoms with van der Waals surface area (Å²) in [5.41, 5.74) is 6.57. The third-order valence-electron chi connectivity index (χ3n) is 3.74. The molecule has 0 aromatic heterocycles. The number of nitrogens with one attached hydrogen (secondary N) is 2. The van der Waals surface area contributed by atoms with Gasteiger partial charge in [-0.05, 0) is 49.2 Å². The average Bonchev–Trinajstić information content (AvgIpc) is 2.68. The highest BCUT2D eigenvalue weighted by Crippen LogP contribution is 2.33. The van der Waals surface area contributed by atoms with Crippen molar-refractivity contribution in [2.75, 3.05) is 13.7 Å². The maximum atomic E-state index is 12.6. The summed E-state index contributed by atoms with van der Waals surface area (Å²) in [7, 11) is 1.31. The molecular formula is C21H22F2N2O5. The van der Waals surface area contributed by atoms with Crippen molar-refractivity contribution in [2.45, 2.75) is 20.5 Å². The van der Waals surface area contributed by atoms with Crippen LogP contribution in [0.4, 0.5) is 8.78 Å². The number of ether oxygens (including phenoxy) is 3. The van der Waals surface area contributed by atoms with Gasteiger partial charge in [-0.1, -0.05) is 18.2 Å². The van der Waals surface area contributed by atoms with Crippen LogP contribution in [0, 0.1) is 13.8 Å². The SMILES string of the molecule is COc1cccc(/C=C/C(=O)NNC(=O)COc2cc(C)cc(C)c2)c1OC(F)F. The molecule has 2 N–H and O–H groups in total. The Balaban J connectivity index is 1.89. The van der Waals surface area contributed by atoms with Gasteiger partial charge in [0.25, 0.3) is 11.8 Å². The molecule has 0 radical (unpaired) electrons. The molecule has 0 unspecified atom stereocenters. The molecule has 0 fully saturated rings. The van der Waals surface area contributed by atoms with Crippen LogP contribution >= 0.6 is 0 Å². The van der Waals surface area contributed by atoms with E-state index in [0.717, 1.165) is 17.2 Å². The number of aryl methyl sites for hydroxylation is 2. The van der Waals surface area contributed by atoms with Crippen LogP contribution < -0.4 is 25.1 Å². The van der Waals surface area contributed by atoms with Gasteiger partial charge in [-0.3, -0.25) is 20.4 Å². The van der Waals surface area contributed by atoms with Gasteiger partial charge >= 0.3 is 6.61 Å². The fraction of sp³-hybridized carbons (Fsp3) is 0.238. The van der Waals surface area contributed by atoms with Gasteiger partial charge in [0, 0.05) is 11.6 Å². The van der Waals surface area contributed by atoms with Gasteiger partial charge in [-0.15, -0.1) is 0 Å². The molecule has 2 rings (SSSR count). The number of hydrogen-bond acceptors (Lipinski definition) is 5. The molecule has 0 atom stereocenters. The van der Waals surface area contributed by atoms with Gasteiger partial charge in [0.05, 0.1) is 7.11 Å². The summed E-state index contributed by atoms with van der Waals surface area (Å²) in [6, 6.07) is 10.0. The molecule has 2 aromatic carbocycles. The lowest BCUT2D eigenvalue weighted by Gasteiger charge is -2.12. The Morgan fingerprint density at radius 2 is 1.80 bits per heavy atom. The van der Waals surface area contributed by atoms with Crippen LogP contribution in [0.3, 0.4) is 0 Å². The van der Waals surface area contributed by atoms with E-state index >= 15 is 0 Å². The highest BCUT2D eigenvalue weighted by molar-refractivity contribution is 5.93. The first kappa shape index (κ1) is 22.7. The Morgan fingerprint density at radius 3 is 2.43 bits per heavy atom. The summed E-state index contributed by atoms with van der Waals surface area (Å²) in [4.78, 5) is 23.7. The average molecular weight is 420 g/mol. The van der Waals surface area contributed by atoms with E-state index < -0.39 is 18.4 Å². The minimum Gasteiger partial charge on any atom is -0.493 e. The largest absolute Gasteiger partial charge is 0.493 e. The van der Waals surface area contributed by atoms with Crippen molar-refractivity contribution < 1.29 is 32.6 Å². The van der Waals surface area contributed by atoms with Crippen LogP contribution in [0.2, 0.25) is 0 Å². The molecule has 0 aliphatic heterocycles. The lowest BCUT2D eigenvalue weighted by atomic mass is 10.1. The molecule has 0 aliphatic carbocycles. The van der Waals surface area contributed by atoms with E-state index in [1.165, 1.54) is 25.3 Å². The van der Waals surface area contributed by atoms with Crippen LogP contribution in [0.15, 0.2) is 42.5 Å². The van der Waals surface area contributed by atoms with Crippen LogP contribution in [0.1, 0.15) is 16.7 Å². The Hall–Kier alpha value is -3.62. The van der Waals surface area contributed by atoms with E-state index in [9.17, 15) is 18.4 Å². The molecule has 0 saturated heterocycles. The number of carbonyl (C=O) groups is 2. The second-order valence-corrected chi connectivity index (χ2v) is 6.24. The molecule has 30 heavy (non-hydrogen) atoms. The Bertz CT molecular complexity index is 911. The number of carbonyl (C=O) groups excluding carboxylic acids is 2. The number of amides is 2. The van der Waals surface area contributed by atoms with Gasteiger partial charge in [0.1, 0.15) is 5.75 Å². The highest BCUT2D eigenvalue weighted by Gasteiger charge is 2.14. The fourth-order valence-electron chi connectivity index (χ4n) is 2.58. The lowest BCUT2D eigenvalue weighted by Crippen LogP contribution is -2.43. The second-order valence-electron chi connectivity index (χ2n) is 6.24. The van der Waals surface area contributed by atoms with Crippen molar-refractivity contribution in [3.05, 3.63) is 59.2 Å². The summed E-state index contributed by atoms with van der Waals surface area (Å²) in [5.74, 6) is -0.822. The van der Waals surface area contributed by atoms with E-state index in [0.29, 0.717) is 5.75 Å². The number of rotatable bonds is 8. The third kappa shape index (κ3) is 7.08. The summed E-state index contributed by atoms with van der Waals surface area (Å²) in [6.07, 6.45) is 2.31. The predicted molar refractivity (Wildman–Crippen MR) is 106 cm³/mol. The molecule has 9 heteroatoms. The van der Waals surface area contributed by atoms with Crippen molar-refractivity contribution in [3.63, 3.8) is 0 Å². The van der Waals surface area contributed by atoms with E-state index in [1.807, 2.05) is 19.9 Å². The van der Waals surface area contributed by atoms with Crippen molar-refractivity contribution in [3.8, 4) is 17.2 Å². The van der Waals surface area contributed by atoms with Gasteiger partial charge in [0.2, 0.25) is 0 Å². The Kier molecular flexibility index (Phi) is 8.16. The number of hydrazine groups is 1. The molecule has 2 aromatic rings. The van der Waals surface area contributed by atoms with Gasteiger partial charge in [-0.25, -0.2) is 0 Å². The molecule has 0 bridgehead atoms. The van der Waals surface area contributed by atoms with E-state index in [1.54, 1.807) is 18.2 Å². The summed E-state index contributed by atoms with van der Waals surface area (Å²) in [5, 5.41) is 0. The van der Waals surface area contributed by atoms with E-state index in [-0.39, 0.29) is 23.7 Å². The first-order valence-electron chi connectivity index (χ1n) is 8.88. The zero-order valence-electron chi connectivity index (χ0n) is 16.7. The first-order chi connectivity index (χ1) is 14.3. The van der Waals surface area contributed by atoms with Gasteiger partial charge in [-0.2, -0.15) is 8.78 Å². The number of methoxy groups -OCH3 is 1. The maximum absolute atomic E-state index is 12.6. The quantitative estimate of drug-likeness (QED) is 0.506. The smallest absolute Gasteiger partial charge is 0.387 e. The van der Waals surface area contributed by atoms with Gasteiger partial charge in [0.15, 0.2) is 18.1 Å². The number of hydrogen-bond donors (Lipinski definition) is 2. The zero-order chi connectivity index (χ0) is 22.1. The number of alkyl halides is 2. The minimum atomic E-state index is -3.06. The topological polar surface area (TPSA) is 85.9 Å². The first-order valence-corrected chi connectivity index (χ1v) is 8.88. The summed E-state index contributed by atoms with van der Waals surface area (Å²) < 4.78 is 40.1. The normalized spacial score (nSPS) is 10.7. The molecule has 0 saturated carbocycles. The Labute approximate surface area is 172 Å². The Morgan fingerprint density at radius 1 is 1.10 bits per heavy atom. The highest BCUT2D eigenvalue weighted by atomic mass is 19.3. The number of halogens is 2. The monoisotopic (exact) mass is 420 g/mol. The van der Waals surface area contributed by atoms with Crippen LogP contribution in [0.25, 0.3) is 6.08 Å². The molecule has 0 heterocycles. The number of para-hydroxylation sites is 1. The molecule has 2 amide bonds. The molecule has 0 aliphatic rings. The third-order valence-corrected chi connectivity index (χ3v) is 3.74. The minimum absolute atomic E-state index is 0.0923. The van der Waals surface area contributed by atoms with Crippen molar-refractivity contribution in [2.24, 2.45) is 0 Å². The lowest BCUT2D eigenvalue weighted by molar-refractivity contribution is -0.128. The predicted octanol–water partition coefficient (Wildman–Crippen LogP) is 3.15.